The first-order valence-corrected chi connectivity index (χ1v) is 5.59. The predicted molar refractivity (Wildman–Crippen MR) is 63.4 cm³/mol. The van der Waals surface area contributed by atoms with Crippen LogP contribution in [0.5, 0.6) is 0 Å². The molecule has 1 amide bonds. The Morgan fingerprint density at radius 3 is 2.25 bits per heavy atom. The van der Waals surface area contributed by atoms with Crippen LogP contribution < -0.4 is 5.32 Å². The minimum Gasteiger partial charge on any atom is -0.462 e. The standard InChI is InChI=1S/C12H12F3NO4/c1-2-19-10(17)8-3-5-9(6-4-8)16-11(18)20-7-12(13,14)15/h3-6H,2,7H2,1H3,(H,16,18). The third kappa shape index (κ3) is 5.59. The Morgan fingerprint density at radius 2 is 1.75 bits per heavy atom. The van der Waals surface area contributed by atoms with Crippen LogP contribution in [0.25, 0.3) is 0 Å². The van der Waals surface area contributed by atoms with Gasteiger partial charge in [0, 0.05) is 5.69 Å². The van der Waals surface area contributed by atoms with Gasteiger partial charge in [0.2, 0.25) is 0 Å². The van der Waals surface area contributed by atoms with Gasteiger partial charge in [-0.3, -0.25) is 5.32 Å². The van der Waals surface area contributed by atoms with Crippen LogP contribution in [0.3, 0.4) is 0 Å². The summed E-state index contributed by atoms with van der Waals surface area (Å²) in [6.07, 6.45) is -5.81. The summed E-state index contributed by atoms with van der Waals surface area (Å²) in [6.45, 7) is 0.215. The SMILES string of the molecule is CCOC(=O)c1ccc(NC(=O)OCC(F)(F)F)cc1. The number of carbonyl (C=O) groups is 2. The van der Waals surface area contributed by atoms with Gasteiger partial charge >= 0.3 is 18.2 Å². The number of alkyl halides is 3. The van der Waals surface area contributed by atoms with E-state index in [1.807, 2.05) is 0 Å². The number of halogens is 3. The summed E-state index contributed by atoms with van der Waals surface area (Å²) in [5.41, 5.74) is 0.464. The second-order valence-electron chi connectivity index (χ2n) is 3.61. The molecule has 5 nitrogen and oxygen atoms in total. The first-order valence-electron chi connectivity index (χ1n) is 5.59. The molecule has 1 aromatic carbocycles. The lowest BCUT2D eigenvalue weighted by molar-refractivity contribution is -0.159. The van der Waals surface area contributed by atoms with Gasteiger partial charge in [0.05, 0.1) is 12.2 Å². The van der Waals surface area contributed by atoms with E-state index in [4.69, 9.17) is 4.74 Å². The van der Waals surface area contributed by atoms with E-state index >= 15 is 0 Å². The number of benzene rings is 1. The van der Waals surface area contributed by atoms with Gasteiger partial charge in [-0.1, -0.05) is 0 Å². The van der Waals surface area contributed by atoms with Crippen molar-refractivity contribution in [2.45, 2.75) is 13.1 Å². The maximum Gasteiger partial charge on any atom is 0.422 e. The van der Waals surface area contributed by atoms with Crippen LogP contribution in [0, 0.1) is 0 Å². The number of anilines is 1. The fourth-order valence-corrected chi connectivity index (χ4v) is 1.21. The Hall–Kier alpha value is -2.25. The molecule has 110 valence electrons. The van der Waals surface area contributed by atoms with E-state index in [9.17, 15) is 22.8 Å². The van der Waals surface area contributed by atoms with Crippen molar-refractivity contribution < 1.29 is 32.2 Å². The van der Waals surface area contributed by atoms with E-state index in [-0.39, 0.29) is 17.9 Å². The summed E-state index contributed by atoms with van der Waals surface area (Å²) in [4.78, 5) is 22.4. The number of amides is 1. The van der Waals surface area contributed by atoms with Crippen molar-refractivity contribution in [3.63, 3.8) is 0 Å². The van der Waals surface area contributed by atoms with Crippen LogP contribution in [0.15, 0.2) is 24.3 Å². The molecule has 0 aliphatic rings. The van der Waals surface area contributed by atoms with Crippen molar-refractivity contribution in [1.82, 2.24) is 0 Å². The molecule has 1 aromatic rings. The lowest BCUT2D eigenvalue weighted by Crippen LogP contribution is -2.23. The van der Waals surface area contributed by atoms with Crippen molar-refractivity contribution in [2.24, 2.45) is 0 Å². The molecule has 1 rings (SSSR count). The van der Waals surface area contributed by atoms with Crippen molar-refractivity contribution in [3.05, 3.63) is 29.8 Å². The summed E-state index contributed by atoms with van der Waals surface area (Å²) in [5, 5.41) is 2.10. The summed E-state index contributed by atoms with van der Waals surface area (Å²) in [7, 11) is 0. The van der Waals surface area contributed by atoms with Crippen LogP contribution >= 0.6 is 0 Å². The molecule has 0 aliphatic heterocycles. The first-order chi connectivity index (χ1) is 9.31. The molecule has 0 saturated heterocycles. The van der Waals surface area contributed by atoms with Crippen LogP contribution in [0.2, 0.25) is 0 Å². The first kappa shape index (κ1) is 15.8. The van der Waals surface area contributed by atoms with E-state index in [0.29, 0.717) is 0 Å². The molecule has 0 bridgehead atoms. The van der Waals surface area contributed by atoms with Crippen LogP contribution in [0.1, 0.15) is 17.3 Å². The number of nitrogens with one attached hydrogen (secondary N) is 1. The minimum atomic E-state index is -4.58. The molecule has 0 spiro atoms. The normalized spacial score (nSPS) is 10.8. The summed E-state index contributed by atoms with van der Waals surface area (Å²) in [5.74, 6) is -0.529. The van der Waals surface area contributed by atoms with Crippen molar-refractivity contribution in [2.75, 3.05) is 18.5 Å². The molecule has 0 radical (unpaired) electrons. The molecule has 20 heavy (non-hydrogen) atoms. The van der Waals surface area contributed by atoms with E-state index in [1.54, 1.807) is 6.92 Å². The van der Waals surface area contributed by atoms with Crippen LogP contribution in [0.4, 0.5) is 23.7 Å². The van der Waals surface area contributed by atoms with Crippen molar-refractivity contribution >= 4 is 17.7 Å². The number of rotatable bonds is 4. The van der Waals surface area contributed by atoms with Gasteiger partial charge in [-0.15, -0.1) is 0 Å². The predicted octanol–water partition coefficient (Wildman–Crippen LogP) is 2.97. The number of hydrogen-bond donors (Lipinski definition) is 1. The maximum atomic E-state index is 11.8. The van der Waals surface area contributed by atoms with Gasteiger partial charge < -0.3 is 9.47 Å². The van der Waals surface area contributed by atoms with E-state index in [0.717, 1.165) is 0 Å². The van der Waals surface area contributed by atoms with Gasteiger partial charge in [0.1, 0.15) is 0 Å². The lowest BCUT2D eigenvalue weighted by Gasteiger charge is -2.09. The topological polar surface area (TPSA) is 64.6 Å². The monoisotopic (exact) mass is 291 g/mol. The number of ether oxygens (including phenoxy) is 2. The fourth-order valence-electron chi connectivity index (χ4n) is 1.21. The number of hydrogen-bond acceptors (Lipinski definition) is 4. The summed E-state index contributed by atoms with van der Waals surface area (Å²) >= 11 is 0. The average Bonchev–Trinajstić information content (AvgIpc) is 2.37. The smallest absolute Gasteiger partial charge is 0.422 e. The van der Waals surface area contributed by atoms with E-state index < -0.39 is 24.8 Å². The van der Waals surface area contributed by atoms with Gasteiger partial charge in [-0.2, -0.15) is 13.2 Å². The van der Waals surface area contributed by atoms with E-state index in [1.165, 1.54) is 24.3 Å². The number of carbonyl (C=O) groups excluding carboxylic acids is 2. The molecule has 0 aromatic heterocycles. The summed E-state index contributed by atoms with van der Waals surface area (Å²) < 4.78 is 44.1. The largest absolute Gasteiger partial charge is 0.462 e. The molecule has 0 fully saturated rings. The third-order valence-electron chi connectivity index (χ3n) is 2.01. The van der Waals surface area contributed by atoms with Gasteiger partial charge in [-0.05, 0) is 31.2 Å². The van der Waals surface area contributed by atoms with Gasteiger partial charge in [0.15, 0.2) is 6.61 Å². The molecule has 0 aliphatic carbocycles. The molecule has 1 N–H and O–H groups in total. The van der Waals surface area contributed by atoms with Gasteiger partial charge in [0.25, 0.3) is 0 Å². The second-order valence-corrected chi connectivity index (χ2v) is 3.61. The van der Waals surface area contributed by atoms with Crippen LogP contribution in [-0.2, 0) is 9.47 Å². The number of esters is 1. The quantitative estimate of drug-likeness (QED) is 0.866. The third-order valence-corrected chi connectivity index (χ3v) is 2.01. The highest BCUT2D eigenvalue weighted by Crippen LogP contribution is 2.15. The molecule has 0 saturated carbocycles. The minimum absolute atomic E-state index is 0.199. The Labute approximate surface area is 112 Å². The zero-order valence-electron chi connectivity index (χ0n) is 10.5. The molecule has 0 atom stereocenters. The highest BCUT2D eigenvalue weighted by molar-refractivity contribution is 5.91. The van der Waals surface area contributed by atoms with E-state index in [2.05, 4.69) is 10.1 Å². The van der Waals surface area contributed by atoms with Gasteiger partial charge in [-0.25, -0.2) is 9.59 Å². The molecular weight excluding hydrogens is 279 g/mol. The zero-order chi connectivity index (χ0) is 15.2. The van der Waals surface area contributed by atoms with Crippen molar-refractivity contribution in [1.29, 1.82) is 0 Å². The summed E-state index contributed by atoms with van der Waals surface area (Å²) in [6, 6.07) is 5.44. The average molecular weight is 291 g/mol. The molecule has 0 unspecified atom stereocenters. The lowest BCUT2D eigenvalue weighted by atomic mass is 10.2. The molecular formula is C12H12F3NO4. The highest BCUT2D eigenvalue weighted by Gasteiger charge is 2.29. The molecule has 0 heterocycles. The Balaban J connectivity index is 2.53. The Morgan fingerprint density at radius 1 is 1.15 bits per heavy atom. The molecule has 8 heteroatoms. The fraction of sp³-hybridized carbons (Fsp3) is 0.333. The maximum absolute atomic E-state index is 11.8. The van der Waals surface area contributed by atoms with Crippen molar-refractivity contribution in [3.8, 4) is 0 Å². The second kappa shape index (κ2) is 6.78. The highest BCUT2D eigenvalue weighted by atomic mass is 19.4. The zero-order valence-corrected chi connectivity index (χ0v) is 10.5. The van der Waals surface area contributed by atoms with Crippen LogP contribution in [-0.4, -0.2) is 31.5 Å². The Bertz CT molecular complexity index is 471. The Kier molecular flexibility index (Phi) is 5.36.